The molecule has 1 heterocycles. The van der Waals surface area contributed by atoms with Crippen LogP contribution in [0.1, 0.15) is 29.3 Å². The van der Waals surface area contributed by atoms with Gasteiger partial charge in [0.2, 0.25) is 10.0 Å². The number of amides is 1. The standard InChI is InChI=1S/C31H38ClN3O6S/c1-22(18-33)19-35(42(38,39)28-10-6-3-7-11-28)20-30(36)29(14-23-8-4-2-5-9-23)34-31(37)24-15-25(32)17-27(16-24)41-26-12-13-40-21-26/h2-11,15-17,22,26,29-30,36H,12-14,18-21,33H2,1H3,(H,34,37)/t22?,26-,29-,30+/m0/s1. The Kier molecular flexibility index (Phi) is 11.4. The molecule has 0 radical (unpaired) electrons. The number of benzene rings is 3. The highest BCUT2D eigenvalue weighted by molar-refractivity contribution is 7.89. The van der Waals surface area contributed by atoms with E-state index in [1.54, 1.807) is 30.3 Å². The molecule has 3 aromatic rings. The Bertz CT molecular complexity index is 1400. The summed E-state index contributed by atoms with van der Waals surface area (Å²) in [5.74, 6) is -0.190. The van der Waals surface area contributed by atoms with Gasteiger partial charge < -0.3 is 25.6 Å². The lowest BCUT2D eigenvalue weighted by Crippen LogP contribution is -2.51. The van der Waals surface area contributed by atoms with Crippen molar-refractivity contribution in [2.24, 2.45) is 11.7 Å². The maximum absolute atomic E-state index is 13.6. The van der Waals surface area contributed by atoms with Gasteiger partial charge >= 0.3 is 0 Å². The number of carbonyl (C=O) groups is 1. The molecule has 3 aromatic carbocycles. The summed E-state index contributed by atoms with van der Waals surface area (Å²) in [5, 5.41) is 14.8. The number of halogens is 1. The molecule has 4 atom stereocenters. The minimum atomic E-state index is -3.95. The molecule has 226 valence electrons. The van der Waals surface area contributed by atoms with E-state index in [2.05, 4.69) is 5.32 Å². The van der Waals surface area contributed by atoms with Gasteiger partial charge in [0.1, 0.15) is 11.9 Å². The molecule has 0 aromatic heterocycles. The molecule has 0 saturated carbocycles. The van der Waals surface area contributed by atoms with E-state index in [9.17, 15) is 18.3 Å². The molecule has 1 aliphatic rings. The summed E-state index contributed by atoms with van der Waals surface area (Å²) in [7, 11) is -3.95. The van der Waals surface area contributed by atoms with Crippen LogP contribution in [0.25, 0.3) is 0 Å². The molecule has 42 heavy (non-hydrogen) atoms. The zero-order valence-electron chi connectivity index (χ0n) is 23.6. The van der Waals surface area contributed by atoms with Crippen LogP contribution >= 0.6 is 11.6 Å². The number of hydrogen-bond donors (Lipinski definition) is 3. The summed E-state index contributed by atoms with van der Waals surface area (Å²) < 4.78 is 39.8. The van der Waals surface area contributed by atoms with E-state index in [0.29, 0.717) is 24.0 Å². The molecule has 4 N–H and O–H groups in total. The van der Waals surface area contributed by atoms with Gasteiger partial charge in [0.25, 0.3) is 5.91 Å². The van der Waals surface area contributed by atoms with E-state index in [1.807, 2.05) is 37.3 Å². The van der Waals surface area contributed by atoms with E-state index in [-0.39, 0.29) is 48.5 Å². The molecule has 0 aliphatic carbocycles. The Morgan fingerprint density at radius 2 is 1.81 bits per heavy atom. The van der Waals surface area contributed by atoms with Crippen molar-refractivity contribution in [3.8, 4) is 5.75 Å². The molecule has 11 heteroatoms. The second kappa shape index (κ2) is 15.0. The van der Waals surface area contributed by atoms with Gasteiger partial charge in [-0.2, -0.15) is 4.31 Å². The van der Waals surface area contributed by atoms with Crippen LogP contribution in [0.2, 0.25) is 5.02 Å². The highest BCUT2D eigenvalue weighted by Crippen LogP contribution is 2.25. The Hall–Kier alpha value is -2.99. The predicted octanol–water partition coefficient (Wildman–Crippen LogP) is 3.50. The molecule has 1 fully saturated rings. The third-order valence-electron chi connectivity index (χ3n) is 7.09. The van der Waals surface area contributed by atoms with E-state index < -0.39 is 28.1 Å². The van der Waals surface area contributed by atoms with E-state index in [1.165, 1.54) is 22.5 Å². The molecular weight excluding hydrogens is 578 g/mol. The number of sulfonamides is 1. The Labute approximate surface area is 252 Å². The van der Waals surface area contributed by atoms with Crippen LogP contribution in [0, 0.1) is 5.92 Å². The highest BCUT2D eigenvalue weighted by atomic mass is 35.5. The van der Waals surface area contributed by atoms with Crippen LogP contribution in [0.4, 0.5) is 0 Å². The summed E-state index contributed by atoms with van der Waals surface area (Å²) in [6, 6.07) is 21.4. The summed E-state index contributed by atoms with van der Waals surface area (Å²) >= 11 is 6.32. The van der Waals surface area contributed by atoms with Crippen LogP contribution in [0.3, 0.4) is 0 Å². The second-order valence-electron chi connectivity index (χ2n) is 10.6. The molecule has 1 aliphatic heterocycles. The molecule has 4 rings (SSSR count). The third kappa shape index (κ3) is 8.76. The van der Waals surface area contributed by atoms with Gasteiger partial charge in [-0.05, 0) is 54.8 Å². The number of aliphatic hydroxyl groups excluding tert-OH is 1. The summed E-state index contributed by atoms with van der Waals surface area (Å²) in [6.45, 7) is 3.05. The fourth-order valence-electron chi connectivity index (χ4n) is 4.73. The normalized spacial score (nSPS) is 17.5. The van der Waals surface area contributed by atoms with E-state index in [0.717, 1.165) is 12.0 Å². The number of carbonyl (C=O) groups excluding carboxylic acids is 1. The first kappa shape index (κ1) is 31.9. The maximum Gasteiger partial charge on any atom is 0.251 e. The molecule has 1 saturated heterocycles. The lowest BCUT2D eigenvalue weighted by Gasteiger charge is -2.31. The maximum atomic E-state index is 13.6. The third-order valence-corrected chi connectivity index (χ3v) is 9.16. The van der Waals surface area contributed by atoms with Crippen molar-refractivity contribution < 1.29 is 27.8 Å². The van der Waals surface area contributed by atoms with Crippen molar-refractivity contribution >= 4 is 27.5 Å². The number of rotatable bonds is 14. The zero-order chi connectivity index (χ0) is 30.1. The fourth-order valence-corrected chi connectivity index (χ4v) is 6.56. The fraction of sp³-hybridized carbons (Fsp3) is 0.387. The smallest absolute Gasteiger partial charge is 0.251 e. The molecule has 0 bridgehead atoms. The summed E-state index contributed by atoms with van der Waals surface area (Å²) in [4.78, 5) is 13.6. The quantitative estimate of drug-likeness (QED) is 0.253. The highest BCUT2D eigenvalue weighted by Gasteiger charge is 2.32. The number of nitrogens with two attached hydrogens (primary N) is 1. The van der Waals surface area contributed by atoms with Crippen molar-refractivity contribution in [2.45, 2.75) is 42.9 Å². The molecule has 1 amide bonds. The van der Waals surface area contributed by atoms with Gasteiger partial charge in [0, 0.05) is 30.1 Å². The van der Waals surface area contributed by atoms with Crippen LogP contribution in [-0.2, 0) is 21.2 Å². The zero-order valence-corrected chi connectivity index (χ0v) is 25.1. The molecule has 1 unspecified atom stereocenters. The Morgan fingerprint density at radius 1 is 1.12 bits per heavy atom. The van der Waals surface area contributed by atoms with E-state index in [4.69, 9.17) is 26.8 Å². The minimum Gasteiger partial charge on any atom is -0.488 e. The minimum absolute atomic E-state index is 0.108. The Morgan fingerprint density at radius 3 is 2.45 bits per heavy atom. The SMILES string of the molecule is CC(CN)CN(C[C@@H](O)[C@H](Cc1ccccc1)NC(=O)c1cc(Cl)cc(O[C@H]2CCOC2)c1)S(=O)(=O)c1ccccc1. The average Bonchev–Trinajstić information content (AvgIpc) is 3.50. The lowest BCUT2D eigenvalue weighted by molar-refractivity contribution is 0.0774. The van der Waals surface area contributed by atoms with Crippen LogP contribution in [0.15, 0.2) is 83.8 Å². The number of nitrogens with zero attached hydrogens (tertiary/aromatic N) is 1. The first-order valence-corrected chi connectivity index (χ1v) is 15.8. The Balaban J connectivity index is 1.58. The second-order valence-corrected chi connectivity index (χ2v) is 13.0. The first-order chi connectivity index (χ1) is 20.2. The largest absolute Gasteiger partial charge is 0.488 e. The number of ether oxygens (including phenoxy) is 2. The van der Waals surface area contributed by atoms with Crippen molar-refractivity contribution in [3.63, 3.8) is 0 Å². The molecular formula is C31H38ClN3O6S. The first-order valence-electron chi connectivity index (χ1n) is 14.0. The van der Waals surface area contributed by atoms with Gasteiger partial charge in [-0.25, -0.2) is 8.42 Å². The van der Waals surface area contributed by atoms with Crippen molar-refractivity contribution in [1.82, 2.24) is 9.62 Å². The molecule has 9 nitrogen and oxygen atoms in total. The number of nitrogens with one attached hydrogen (secondary N) is 1. The van der Waals surface area contributed by atoms with Crippen LogP contribution in [0.5, 0.6) is 5.75 Å². The van der Waals surface area contributed by atoms with Gasteiger partial charge in [-0.15, -0.1) is 0 Å². The van der Waals surface area contributed by atoms with Crippen molar-refractivity contribution in [3.05, 3.63) is 95.0 Å². The summed E-state index contributed by atoms with van der Waals surface area (Å²) in [5.41, 5.74) is 6.96. The van der Waals surface area contributed by atoms with Crippen LogP contribution < -0.4 is 15.8 Å². The monoisotopic (exact) mass is 615 g/mol. The summed E-state index contributed by atoms with van der Waals surface area (Å²) in [6.07, 6.45) is -0.364. The topological polar surface area (TPSA) is 131 Å². The van der Waals surface area contributed by atoms with Crippen molar-refractivity contribution in [1.29, 1.82) is 0 Å². The van der Waals surface area contributed by atoms with Gasteiger partial charge in [0.15, 0.2) is 0 Å². The number of aliphatic hydroxyl groups is 1. The van der Waals surface area contributed by atoms with Crippen LogP contribution in [-0.4, -0.2) is 74.8 Å². The predicted molar refractivity (Wildman–Crippen MR) is 162 cm³/mol. The number of hydrogen-bond acceptors (Lipinski definition) is 7. The lowest BCUT2D eigenvalue weighted by atomic mass is 10.00. The molecule has 0 spiro atoms. The van der Waals surface area contributed by atoms with E-state index >= 15 is 0 Å². The van der Waals surface area contributed by atoms with Gasteiger partial charge in [-0.1, -0.05) is 67.1 Å². The van der Waals surface area contributed by atoms with Gasteiger partial charge in [-0.3, -0.25) is 4.79 Å². The van der Waals surface area contributed by atoms with Crippen molar-refractivity contribution in [2.75, 3.05) is 32.8 Å². The average molecular weight is 616 g/mol. The van der Waals surface area contributed by atoms with Gasteiger partial charge in [0.05, 0.1) is 30.3 Å².